The van der Waals surface area contributed by atoms with Crippen LogP contribution in [-0.4, -0.2) is 0 Å². The second kappa shape index (κ2) is 11.2. The Morgan fingerprint density at radius 3 is 1.75 bits per heavy atom. The van der Waals surface area contributed by atoms with E-state index < -0.39 is 0 Å². The van der Waals surface area contributed by atoms with E-state index in [2.05, 4.69) is 150 Å². The van der Waals surface area contributed by atoms with Crippen LogP contribution in [0.3, 0.4) is 0 Å². The Labute approximate surface area is 298 Å². The Morgan fingerprint density at radius 1 is 0.327 bits per heavy atom. The van der Waals surface area contributed by atoms with Crippen LogP contribution >= 0.6 is 0 Å². The molecule has 0 unspecified atom stereocenters. The molecule has 4 nitrogen and oxygen atoms in total. The molecule has 0 radical (unpaired) electrons. The molecule has 244 valence electrons. The highest BCUT2D eigenvalue weighted by Gasteiger charge is 2.26. The minimum absolute atomic E-state index is 0.818. The van der Waals surface area contributed by atoms with Crippen LogP contribution < -0.4 is 4.90 Å². The average Bonchev–Trinajstić information content (AvgIpc) is 3.91. The van der Waals surface area contributed by atoms with E-state index in [1.165, 1.54) is 0 Å². The molecule has 0 amide bonds. The van der Waals surface area contributed by atoms with E-state index in [4.69, 9.17) is 13.3 Å². The first-order valence-electron chi connectivity index (χ1n) is 17.5. The fourth-order valence-corrected chi connectivity index (χ4v) is 7.97. The van der Waals surface area contributed by atoms with Crippen LogP contribution in [0.5, 0.6) is 0 Å². The molecular weight excluding hydrogens is 639 g/mol. The minimum Gasteiger partial charge on any atom is -0.456 e. The number of nitrogens with zero attached hydrogens (tertiary/aromatic N) is 1. The highest BCUT2D eigenvalue weighted by Crippen LogP contribution is 2.49. The van der Waals surface area contributed by atoms with Gasteiger partial charge in [0.05, 0.1) is 16.8 Å². The molecule has 0 spiro atoms. The maximum atomic E-state index is 6.75. The number of hydrogen-bond acceptors (Lipinski definition) is 4. The number of fused-ring (bicyclic) bond motifs is 9. The van der Waals surface area contributed by atoms with E-state index >= 15 is 0 Å². The molecule has 0 saturated heterocycles. The topological polar surface area (TPSA) is 42.7 Å². The zero-order chi connectivity index (χ0) is 34.2. The number of rotatable bonds is 5. The quantitative estimate of drug-likeness (QED) is 0.183. The van der Waals surface area contributed by atoms with Gasteiger partial charge in [-0.05, 0) is 71.3 Å². The Hall–Kier alpha value is -7.04. The van der Waals surface area contributed by atoms with Crippen LogP contribution in [0.1, 0.15) is 0 Å². The highest BCUT2D eigenvalue weighted by molar-refractivity contribution is 6.20. The molecule has 0 N–H and O–H groups in total. The number of benzene rings is 8. The number of para-hydroxylation sites is 3. The van der Waals surface area contributed by atoms with Gasteiger partial charge in [-0.1, -0.05) is 121 Å². The summed E-state index contributed by atoms with van der Waals surface area (Å²) in [7, 11) is 0. The summed E-state index contributed by atoms with van der Waals surface area (Å²) in [5, 5.41) is 6.36. The van der Waals surface area contributed by atoms with Gasteiger partial charge >= 0.3 is 0 Å². The highest BCUT2D eigenvalue weighted by atomic mass is 16.3. The van der Waals surface area contributed by atoms with Gasteiger partial charge in [-0.25, -0.2) is 0 Å². The zero-order valence-electron chi connectivity index (χ0n) is 27.9. The van der Waals surface area contributed by atoms with Gasteiger partial charge in [0.2, 0.25) is 0 Å². The first-order chi connectivity index (χ1) is 25.8. The van der Waals surface area contributed by atoms with Crippen molar-refractivity contribution in [2.24, 2.45) is 0 Å². The molecule has 0 aliphatic rings. The molecule has 0 aliphatic heterocycles. The predicted molar refractivity (Wildman–Crippen MR) is 214 cm³/mol. The van der Waals surface area contributed by atoms with E-state index in [1.807, 2.05) is 30.3 Å². The molecule has 3 heterocycles. The summed E-state index contributed by atoms with van der Waals surface area (Å²) >= 11 is 0. The smallest absolute Gasteiger partial charge is 0.159 e. The third-order valence-corrected chi connectivity index (χ3v) is 10.3. The second-order valence-electron chi connectivity index (χ2n) is 13.2. The summed E-state index contributed by atoms with van der Waals surface area (Å²) < 4.78 is 20.0. The van der Waals surface area contributed by atoms with Crippen molar-refractivity contribution in [3.05, 3.63) is 176 Å². The molecule has 0 bridgehead atoms. The Kier molecular flexibility index (Phi) is 6.22. The van der Waals surface area contributed by atoms with Crippen molar-refractivity contribution < 1.29 is 13.3 Å². The monoisotopic (exact) mass is 667 g/mol. The van der Waals surface area contributed by atoms with Crippen LogP contribution in [-0.2, 0) is 0 Å². The molecule has 8 aromatic carbocycles. The Balaban J connectivity index is 1.25. The van der Waals surface area contributed by atoms with E-state index in [-0.39, 0.29) is 0 Å². The first-order valence-corrected chi connectivity index (χ1v) is 17.5. The van der Waals surface area contributed by atoms with Crippen LogP contribution in [0.25, 0.3) is 88.1 Å². The van der Waals surface area contributed by atoms with Crippen molar-refractivity contribution in [2.75, 3.05) is 4.90 Å². The molecule has 0 atom stereocenters. The summed E-state index contributed by atoms with van der Waals surface area (Å²) in [4.78, 5) is 2.33. The zero-order valence-corrected chi connectivity index (χ0v) is 27.9. The van der Waals surface area contributed by atoms with Gasteiger partial charge in [-0.2, -0.15) is 0 Å². The third-order valence-electron chi connectivity index (χ3n) is 10.3. The Morgan fingerprint density at radius 2 is 0.942 bits per heavy atom. The van der Waals surface area contributed by atoms with Gasteiger partial charge in [-0.3, -0.25) is 0 Å². The van der Waals surface area contributed by atoms with Gasteiger partial charge < -0.3 is 18.2 Å². The van der Waals surface area contributed by atoms with E-state index in [0.717, 1.165) is 105 Å². The van der Waals surface area contributed by atoms with Gasteiger partial charge in [0.15, 0.2) is 5.58 Å². The first kappa shape index (κ1) is 28.8. The van der Waals surface area contributed by atoms with Crippen molar-refractivity contribution in [2.45, 2.75) is 0 Å². The molecule has 0 fully saturated rings. The molecule has 3 aromatic heterocycles. The molecule has 11 aromatic rings. The number of hydrogen-bond donors (Lipinski definition) is 0. The van der Waals surface area contributed by atoms with Crippen molar-refractivity contribution in [1.29, 1.82) is 0 Å². The average molecular weight is 668 g/mol. The van der Waals surface area contributed by atoms with Gasteiger partial charge in [0.1, 0.15) is 27.9 Å². The SMILES string of the molecule is c1ccc(-c2ccc(N(c3ccc4oc5cccc(-c6ccccc6)c5c4c3)c3cccc4c3oc3ccccc34)c3c2oc2ccccc23)cc1. The van der Waals surface area contributed by atoms with Crippen LogP contribution in [0.2, 0.25) is 0 Å². The fraction of sp³-hybridized carbons (Fsp3) is 0. The maximum absolute atomic E-state index is 6.75. The molecule has 11 rings (SSSR count). The largest absolute Gasteiger partial charge is 0.456 e. The van der Waals surface area contributed by atoms with Gasteiger partial charge in [0, 0.05) is 38.2 Å². The summed E-state index contributed by atoms with van der Waals surface area (Å²) in [6.07, 6.45) is 0. The van der Waals surface area contributed by atoms with Crippen LogP contribution in [0.4, 0.5) is 17.1 Å². The van der Waals surface area contributed by atoms with Crippen molar-refractivity contribution >= 4 is 82.9 Å². The molecule has 0 saturated carbocycles. The lowest BCUT2D eigenvalue weighted by Crippen LogP contribution is -2.10. The normalized spacial score (nSPS) is 11.8. The van der Waals surface area contributed by atoms with Gasteiger partial charge in [-0.15, -0.1) is 0 Å². The van der Waals surface area contributed by atoms with Crippen LogP contribution in [0.15, 0.2) is 189 Å². The fourth-order valence-electron chi connectivity index (χ4n) is 7.97. The maximum Gasteiger partial charge on any atom is 0.159 e. The molecular formula is C48H29NO3. The summed E-state index contributed by atoms with van der Waals surface area (Å²) in [6.45, 7) is 0. The summed E-state index contributed by atoms with van der Waals surface area (Å²) in [5.74, 6) is 0. The van der Waals surface area contributed by atoms with Gasteiger partial charge in [0.25, 0.3) is 0 Å². The van der Waals surface area contributed by atoms with Crippen LogP contribution in [0, 0.1) is 0 Å². The predicted octanol–water partition coefficient (Wildman–Crippen LogP) is 14.2. The second-order valence-corrected chi connectivity index (χ2v) is 13.2. The lowest BCUT2D eigenvalue weighted by atomic mass is 9.98. The molecule has 52 heavy (non-hydrogen) atoms. The van der Waals surface area contributed by atoms with Crippen molar-refractivity contribution in [3.63, 3.8) is 0 Å². The number of anilines is 3. The van der Waals surface area contributed by atoms with Crippen molar-refractivity contribution in [3.8, 4) is 22.3 Å². The third kappa shape index (κ3) is 4.28. The summed E-state index contributed by atoms with van der Waals surface area (Å²) in [6, 6.07) is 61.1. The molecule has 0 aliphatic carbocycles. The molecule has 4 heteroatoms. The van der Waals surface area contributed by atoms with Crippen molar-refractivity contribution in [1.82, 2.24) is 0 Å². The van der Waals surface area contributed by atoms with E-state index in [9.17, 15) is 0 Å². The Bertz CT molecular complexity index is 3130. The standard InChI is InChI=1S/C48H29NO3/c1-3-13-30(14-4-1)33-19-12-24-44-45(33)38-29-32(25-28-43(38)50-44)49(40-21-11-20-36-35-17-7-9-22-41(35)51-47(36)40)39-27-26-34(31-15-5-2-6-16-31)48-46(39)37-18-8-10-23-42(37)52-48/h1-29H. The number of furan rings is 3. The lowest BCUT2D eigenvalue weighted by Gasteiger charge is -2.27. The van der Waals surface area contributed by atoms with E-state index in [0.29, 0.717) is 0 Å². The summed E-state index contributed by atoms with van der Waals surface area (Å²) in [5.41, 5.74) is 12.4. The lowest BCUT2D eigenvalue weighted by molar-refractivity contribution is 0.668. The van der Waals surface area contributed by atoms with E-state index in [1.54, 1.807) is 0 Å². The minimum atomic E-state index is 0.818.